The number of aromatic nitrogens is 1. The summed E-state index contributed by atoms with van der Waals surface area (Å²) in [7, 11) is 0. The molecule has 0 saturated heterocycles. The van der Waals surface area contributed by atoms with E-state index >= 15 is 0 Å². The monoisotopic (exact) mass is 215 g/mol. The normalized spacial score (nSPS) is 24.2. The minimum absolute atomic E-state index is 0.186. The van der Waals surface area contributed by atoms with Gasteiger partial charge in [0.1, 0.15) is 0 Å². The largest absolute Gasteiger partial charge is 0.307 e. The van der Waals surface area contributed by atoms with Crippen molar-refractivity contribution in [1.82, 2.24) is 10.3 Å². The molecule has 2 atom stereocenters. The fourth-order valence-electron chi connectivity index (χ4n) is 2.20. The molecular formula is C13H17N3. The van der Waals surface area contributed by atoms with Gasteiger partial charge in [-0.15, -0.1) is 0 Å². The van der Waals surface area contributed by atoms with Gasteiger partial charge in [0.15, 0.2) is 0 Å². The van der Waals surface area contributed by atoms with Gasteiger partial charge in [0.25, 0.3) is 0 Å². The van der Waals surface area contributed by atoms with Gasteiger partial charge in [-0.1, -0.05) is 12.5 Å². The maximum atomic E-state index is 8.96. The van der Waals surface area contributed by atoms with Crippen LogP contribution in [-0.2, 0) is 6.54 Å². The van der Waals surface area contributed by atoms with Crippen LogP contribution in [0.3, 0.4) is 0 Å². The van der Waals surface area contributed by atoms with Crippen LogP contribution in [-0.4, -0.2) is 11.0 Å². The minimum Gasteiger partial charge on any atom is -0.307 e. The Morgan fingerprint density at radius 3 is 3.06 bits per heavy atom. The van der Waals surface area contributed by atoms with Crippen LogP contribution in [0.15, 0.2) is 18.3 Å². The highest BCUT2D eigenvalue weighted by Crippen LogP contribution is 2.24. The molecule has 0 radical (unpaired) electrons. The van der Waals surface area contributed by atoms with Crippen molar-refractivity contribution in [3.8, 4) is 6.07 Å². The lowest BCUT2D eigenvalue weighted by Crippen LogP contribution is -2.31. The SMILES string of the molecule is Cc1ccc(CNC2CCCC2C#N)nc1. The standard InChI is InChI=1S/C13H17N3/c1-10-5-6-12(15-8-10)9-16-13-4-2-3-11(13)7-14/h5-6,8,11,13,16H,2-4,9H2,1H3. The molecule has 2 rings (SSSR count). The first kappa shape index (κ1) is 11.1. The average Bonchev–Trinajstić information content (AvgIpc) is 2.76. The van der Waals surface area contributed by atoms with Gasteiger partial charge < -0.3 is 5.32 Å². The first-order valence-corrected chi connectivity index (χ1v) is 5.84. The van der Waals surface area contributed by atoms with Crippen LogP contribution in [0.25, 0.3) is 0 Å². The van der Waals surface area contributed by atoms with Crippen LogP contribution in [0.2, 0.25) is 0 Å². The minimum atomic E-state index is 0.186. The van der Waals surface area contributed by atoms with Crippen LogP contribution < -0.4 is 5.32 Å². The molecule has 16 heavy (non-hydrogen) atoms. The Labute approximate surface area is 96.5 Å². The smallest absolute Gasteiger partial charge is 0.0672 e. The van der Waals surface area contributed by atoms with Crippen LogP contribution in [0, 0.1) is 24.2 Å². The summed E-state index contributed by atoms with van der Waals surface area (Å²) in [6.45, 7) is 2.80. The lowest BCUT2D eigenvalue weighted by Gasteiger charge is -2.15. The molecule has 1 aromatic heterocycles. The van der Waals surface area contributed by atoms with Gasteiger partial charge >= 0.3 is 0 Å². The Hall–Kier alpha value is -1.40. The third kappa shape index (κ3) is 2.59. The first-order chi connectivity index (χ1) is 7.79. The van der Waals surface area contributed by atoms with E-state index in [4.69, 9.17) is 5.26 Å². The topological polar surface area (TPSA) is 48.7 Å². The van der Waals surface area contributed by atoms with Crippen LogP contribution in [0.4, 0.5) is 0 Å². The number of hydrogen-bond donors (Lipinski definition) is 1. The van der Waals surface area contributed by atoms with E-state index in [0.29, 0.717) is 6.04 Å². The summed E-state index contributed by atoms with van der Waals surface area (Å²) in [6.07, 6.45) is 5.20. The van der Waals surface area contributed by atoms with Gasteiger partial charge in [-0.2, -0.15) is 5.26 Å². The third-order valence-electron chi connectivity index (χ3n) is 3.20. The van der Waals surface area contributed by atoms with E-state index in [9.17, 15) is 0 Å². The molecule has 1 aliphatic carbocycles. The quantitative estimate of drug-likeness (QED) is 0.840. The van der Waals surface area contributed by atoms with E-state index in [0.717, 1.165) is 31.5 Å². The molecule has 2 unspecified atom stereocenters. The van der Waals surface area contributed by atoms with Crippen molar-refractivity contribution in [2.75, 3.05) is 0 Å². The zero-order valence-corrected chi connectivity index (χ0v) is 9.61. The molecule has 1 heterocycles. The summed E-state index contributed by atoms with van der Waals surface area (Å²) in [5.41, 5.74) is 2.23. The van der Waals surface area contributed by atoms with Crippen LogP contribution in [0.1, 0.15) is 30.5 Å². The number of nitrogens with one attached hydrogen (secondary N) is 1. The number of aryl methyl sites for hydroxylation is 1. The van der Waals surface area contributed by atoms with Crippen molar-refractivity contribution in [3.05, 3.63) is 29.6 Å². The van der Waals surface area contributed by atoms with Crippen LogP contribution >= 0.6 is 0 Å². The average molecular weight is 215 g/mol. The molecule has 3 nitrogen and oxygen atoms in total. The Balaban J connectivity index is 1.88. The fraction of sp³-hybridized carbons (Fsp3) is 0.538. The second-order valence-corrected chi connectivity index (χ2v) is 4.48. The molecule has 0 bridgehead atoms. The lowest BCUT2D eigenvalue weighted by molar-refractivity contribution is 0.461. The number of rotatable bonds is 3. The number of pyridine rings is 1. The zero-order valence-electron chi connectivity index (χ0n) is 9.61. The Morgan fingerprint density at radius 1 is 1.50 bits per heavy atom. The number of nitrogens with zero attached hydrogens (tertiary/aromatic N) is 2. The van der Waals surface area contributed by atoms with Gasteiger partial charge in [0.05, 0.1) is 17.7 Å². The summed E-state index contributed by atoms with van der Waals surface area (Å²) in [6, 6.07) is 6.84. The molecule has 3 heteroatoms. The Morgan fingerprint density at radius 2 is 2.38 bits per heavy atom. The van der Waals surface area contributed by atoms with Crippen molar-refractivity contribution in [2.45, 2.75) is 38.8 Å². The first-order valence-electron chi connectivity index (χ1n) is 5.84. The second kappa shape index (κ2) is 5.09. The maximum absolute atomic E-state index is 8.96. The Bertz CT molecular complexity index is 377. The van der Waals surface area contributed by atoms with E-state index in [1.54, 1.807) is 0 Å². The Kier molecular flexibility index (Phi) is 3.53. The van der Waals surface area contributed by atoms with Crippen molar-refractivity contribution in [3.63, 3.8) is 0 Å². The number of hydrogen-bond acceptors (Lipinski definition) is 3. The lowest BCUT2D eigenvalue weighted by atomic mass is 10.1. The molecule has 1 aromatic rings. The highest BCUT2D eigenvalue weighted by Gasteiger charge is 2.26. The van der Waals surface area contributed by atoms with Gasteiger partial charge in [-0.3, -0.25) is 4.98 Å². The second-order valence-electron chi connectivity index (χ2n) is 4.48. The van der Waals surface area contributed by atoms with E-state index in [2.05, 4.69) is 22.4 Å². The molecule has 1 saturated carbocycles. The molecule has 1 fully saturated rings. The maximum Gasteiger partial charge on any atom is 0.0672 e. The molecule has 1 aliphatic rings. The van der Waals surface area contributed by atoms with Gasteiger partial charge in [-0.25, -0.2) is 0 Å². The fourth-order valence-corrected chi connectivity index (χ4v) is 2.20. The summed E-state index contributed by atoms with van der Waals surface area (Å²) in [5, 5.41) is 12.4. The molecule has 0 amide bonds. The van der Waals surface area contributed by atoms with Gasteiger partial charge in [-0.05, 0) is 31.4 Å². The highest BCUT2D eigenvalue weighted by atomic mass is 14.9. The summed E-state index contributed by atoms with van der Waals surface area (Å²) >= 11 is 0. The van der Waals surface area contributed by atoms with E-state index in [-0.39, 0.29) is 5.92 Å². The summed E-state index contributed by atoms with van der Waals surface area (Å²) in [5.74, 6) is 0.186. The van der Waals surface area contributed by atoms with Crippen molar-refractivity contribution in [1.29, 1.82) is 5.26 Å². The van der Waals surface area contributed by atoms with Crippen LogP contribution in [0.5, 0.6) is 0 Å². The van der Waals surface area contributed by atoms with Crippen molar-refractivity contribution >= 4 is 0 Å². The summed E-state index contributed by atoms with van der Waals surface area (Å²) < 4.78 is 0. The molecule has 0 spiro atoms. The molecule has 0 aromatic carbocycles. The third-order valence-corrected chi connectivity index (χ3v) is 3.20. The van der Waals surface area contributed by atoms with E-state index < -0.39 is 0 Å². The molecule has 84 valence electrons. The highest BCUT2D eigenvalue weighted by molar-refractivity contribution is 5.12. The summed E-state index contributed by atoms with van der Waals surface area (Å²) in [4.78, 5) is 4.34. The predicted molar refractivity (Wildman–Crippen MR) is 62.6 cm³/mol. The molecule has 0 aliphatic heterocycles. The zero-order chi connectivity index (χ0) is 11.4. The van der Waals surface area contributed by atoms with Gasteiger partial charge in [0.2, 0.25) is 0 Å². The van der Waals surface area contributed by atoms with E-state index in [1.807, 2.05) is 19.2 Å². The number of nitriles is 1. The predicted octanol–water partition coefficient (Wildman–Crippen LogP) is 2.17. The molecular weight excluding hydrogens is 198 g/mol. The van der Waals surface area contributed by atoms with E-state index in [1.165, 1.54) is 5.56 Å². The van der Waals surface area contributed by atoms with Gasteiger partial charge in [0, 0.05) is 18.8 Å². The van der Waals surface area contributed by atoms with Crippen molar-refractivity contribution < 1.29 is 0 Å². The van der Waals surface area contributed by atoms with Crippen molar-refractivity contribution in [2.24, 2.45) is 5.92 Å². The molecule has 1 N–H and O–H groups in total.